The first-order chi connectivity index (χ1) is 14.2. The van der Waals surface area contributed by atoms with Gasteiger partial charge < -0.3 is 4.57 Å². The summed E-state index contributed by atoms with van der Waals surface area (Å²) in [5.74, 6) is 0.591. The van der Waals surface area contributed by atoms with E-state index in [1.54, 1.807) is 12.1 Å². The Morgan fingerprint density at radius 2 is 1.59 bits per heavy atom. The van der Waals surface area contributed by atoms with Crippen LogP contribution in [-0.4, -0.2) is 9.55 Å². The molecule has 1 heterocycles. The maximum atomic E-state index is 14.5. The lowest BCUT2D eigenvalue weighted by Gasteiger charge is -2.13. The highest BCUT2D eigenvalue weighted by Crippen LogP contribution is 2.27. The van der Waals surface area contributed by atoms with E-state index in [1.165, 1.54) is 22.4 Å². The van der Waals surface area contributed by atoms with E-state index in [2.05, 4.69) is 34.9 Å². The first-order valence-corrected chi connectivity index (χ1v) is 9.92. The highest BCUT2D eigenvalue weighted by atomic mass is 35.5. The van der Waals surface area contributed by atoms with E-state index < -0.39 is 0 Å². The number of aromatic nitrogens is 2. The minimum Gasteiger partial charge on any atom is -0.323 e. The molecule has 0 radical (unpaired) electrons. The molecule has 29 heavy (non-hydrogen) atoms. The van der Waals surface area contributed by atoms with Crippen LogP contribution in [0.25, 0.3) is 21.8 Å². The van der Waals surface area contributed by atoms with Crippen LogP contribution in [0.2, 0.25) is 5.02 Å². The van der Waals surface area contributed by atoms with Gasteiger partial charge in [0.15, 0.2) is 0 Å². The number of imidazole rings is 1. The summed E-state index contributed by atoms with van der Waals surface area (Å²) < 4.78 is 16.6. The van der Waals surface area contributed by atoms with Gasteiger partial charge in [-0.1, -0.05) is 72.3 Å². The fourth-order valence-electron chi connectivity index (χ4n) is 3.90. The fraction of sp³-hybridized carbons (Fsp3) is 0.0800. The van der Waals surface area contributed by atoms with Crippen molar-refractivity contribution in [3.05, 3.63) is 113 Å². The second kappa shape index (κ2) is 7.34. The molecule has 0 fully saturated rings. The van der Waals surface area contributed by atoms with Crippen molar-refractivity contribution in [2.24, 2.45) is 0 Å². The molecule has 0 bridgehead atoms. The summed E-state index contributed by atoms with van der Waals surface area (Å²) in [6.45, 7) is 0.339. The molecule has 0 aliphatic carbocycles. The van der Waals surface area contributed by atoms with Crippen molar-refractivity contribution in [2.45, 2.75) is 13.0 Å². The SMILES string of the molecule is Fc1cccc(Cl)c1Cn1c(Cc2cccc3ccccc23)nc2ccccc21. The van der Waals surface area contributed by atoms with Gasteiger partial charge in [0.2, 0.25) is 0 Å². The van der Waals surface area contributed by atoms with Crippen molar-refractivity contribution >= 4 is 33.4 Å². The van der Waals surface area contributed by atoms with Gasteiger partial charge in [-0.05, 0) is 40.6 Å². The summed E-state index contributed by atoms with van der Waals surface area (Å²) in [7, 11) is 0. The molecule has 4 heteroatoms. The van der Waals surface area contributed by atoms with Crippen LogP contribution in [0.5, 0.6) is 0 Å². The highest BCUT2D eigenvalue weighted by Gasteiger charge is 2.16. The third-order valence-corrected chi connectivity index (χ3v) is 5.69. The maximum absolute atomic E-state index is 14.5. The number of fused-ring (bicyclic) bond motifs is 2. The predicted octanol–water partition coefficient (Wildman–Crippen LogP) is 6.62. The van der Waals surface area contributed by atoms with Gasteiger partial charge in [-0.2, -0.15) is 0 Å². The maximum Gasteiger partial charge on any atom is 0.129 e. The minimum atomic E-state index is -0.300. The number of nitrogens with zero attached hydrogens (tertiary/aromatic N) is 2. The average molecular weight is 401 g/mol. The van der Waals surface area contributed by atoms with Crippen LogP contribution in [0.4, 0.5) is 4.39 Å². The first kappa shape index (κ1) is 17.9. The number of hydrogen-bond acceptors (Lipinski definition) is 1. The number of rotatable bonds is 4. The zero-order valence-corrected chi connectivity index (χ0v) is 16.4. The second-order valence-corrected chi connectivity index (χ2v) is 7.53. The molecule has 1 aromatic heterocycles. The smallest absolute Gasteiger partial charge is 0.129 e. The van der Waals surface area contributed by atoms with Crippen LogP contribution in [-0.2, 0) is 13.0 Å². The van der Waals surface area contributed by atoms with Crippen molar-refractivity contribution in [3.63, 3.8) is 0 Å². The van der Waals surface area contributed by atoms with Gasteiger partial charge in [0.25, 0.3) is 0 Å². The molecular weight excluding hydrogens is 383 g/mol. The van der Waals surface area contributed by atoms with Gasteiger partial charge in [0.05, 0.1) is 17.6 Å². The van der Waals surface area contributed by atoms with Crippen LogP contribution in [0.3, 0.4) is 0 Å². The van der Waals surface area contributed by atoms with Gasteiger partial charge >= 0.3 is 0 Å². The first-order valence-electron chi connectivity index (χ1n) is 9.54. The Bertz CT molecular complexity index is 1310. The molecule has 5 rings (SSSR count). The van der Waals surface area contributed by atoms with Crippen LogP contribution in [0, 0.1) is 5.82 Å². The molecule has 0 saturated heterocycles. The van der Waals surface area contributed by atoms with E-state index in [4.69, 9.17) is 16.6 Å². The van der Waals surface area contributed by atoms with E-state index in [0.717, 1.165) is 16.9 Å². The summed E-state index contributed by atoms with van der Waals surface area (Å²) >= 11 is 6.31. The Hall–Kier alpha value is -3.17. The molecule has 0 N–H and O–H groups in total. The molecule has 0 saturated carbocycles. The van der Waals surface area contributed by atoms with Crippen molar-refractivity contribution in [1.29, 1.82) is 0 Å². The van der Waals surface area contributed by atoms with Crippen molar-refractivity contribution in [3.8, 4) is 0 Å². The summed E-state index contributed by atoms with van der Waals surface area (Å²) in [5.41, 5.74) is 3.55. The van der Waals surface area contributed by atoms with Gasteiger partial charge in [-0.3, -0.25) is 0 Å². The zero-order valence-electron chi connectivity index (χ0n) is 15.6. The van der Waals surface area contributed by atoms with Crippen molar-refractivity contribution in [1.82, 2.24) is 9.55 Å². The summed E-state index contributed by atoms with van der Waals surface area (Å²) in [6, 6.07) is 27.4. The Morgan fingerprint density at radius 3 is 2.48 bits per heavy atom. The third kappa shape index (κ3) is 3.28. The Labute approximate surface area is 173 Å². The largest absolute Gasteiger partial charge is 0.323 e. The molecule has 0 amide bonds. The van der Waals surface area contributed by atoms with Gasteiger partial charge in [-0.15, -0.1) is 0 Å². The van der Waals surface area contributed by atoms with Gasteiger partial charge in [0, 0.05) is 17.0 Å². The number of benzene rings is 4. The molecule has 0 unspecified atom stereocenters. The van der Waals surface area contributed by atoms with E-state index in [1.807, 2.05) is 36.4 Å². The molecule has 4 aromatic carbocycles. The Kier molecular flexibility index (Phi) is 4.53. The molecule has 0 spiro atoms. The van der Waals surface area contributed by atoms with E-state index in [-0.39, 0.29) is 5.82 Å². The highest BCUT2D eigenvalue weighted by molar-refractivity contribution is 6.31. The van der Waals surface area contributed by atoms with Gasteiger partial charge in [0.1, 0.15) is 11.6 Å². The number of para-hydroxylation sites is 2. The van der Waals surface area contributed by atoms with E-state index >= 15 is 0 Å². The number of halogens is 2. The normalized spacial score (nSPS) is 11.4. The zero-order chi connectivity index (χ0) is 19.8. The van der Waals surface area contributed by atoms with Crippen LogP contribution >= 0.6 is 11.6 Å². The number of hydrogen-bond donors (Lipinski definition) is 0. The topological polar surface area (TPSA) is 17.8 Å². The molecule has 0 aliphatic heterocycles. The fourth-order valence-corrected chi connectivity index (χ4v) is 4.12. The van der Waals surface area contributed by atoms with Crippen LogP contribution in [0.1, 0.15) is 17.0 Å². The molecular formula is C25H18ClFN2. The predicted molar refractivity (Wildman–Crippen MR) is 117 cm³/mol. The van der Waals surface area contributed by atoms with Crippen LogP contribution < -0.4 is 0 Å². The summed E-state index contributed by atoms with van der Waals surface area (Å²) in [5, 5.41) is 2.83. The minimum absolute atomic E-state index is 0.300. The molecule has 2 nitrogen and oxygen atoms in total. The van der Waals surface area contributed by atoms with E-state index in [9.17, 15) is 4.39 Å². The lowest BCUT2D eigenvalue weighted by molar-refractivity contribution is 0.598. The van der Waals surface area contributed by atoms with Crippen LogP contribution in [0.15, 0.2) is 84.9 Å². The second-order valence-electron chi connectivity index (χ2n) is 7.12. The van der Waals surface area contributed by atoms with Crippen molar-refractivity contribution < 1.29 is 4.39 Å². The van der Waals surface area contributed by atoms with Crippen molar-refractivity contribution in [2.75, 3.05) is 0 Å². The van der Waals surface area contributed by atoms with Gasteiger partial charge in [-0.25, -0.2) is 9.37 Å². The summed E-state index contributed by atoms with van der Waals surface area (Å²) in [4.78, 5) is 4.87. The molecule has 0 aliphatic rings. The van der Waals surface area contributed by atoms with E-state index in [0.29, 0.717) is 23.6 Å². The molecule has 0 atom stereocenters. The third-order valence-electron chi connectivity index (χ3n) is 5.34. The Balaban J connectivity index is 1.65. The standard InChI is InChI=1S/C25H18ClFN2/c26-21-11-6-12-22(27)20(21)16-29-24-14-4-3-13-23(24)28-25(29)15-18-9-5-8-17-7-1-2-10-19(17)18/h1-14H,15-16H2. The average Bonchev–Trinajstić information content (AvgIpc) is 3.08. The quantitative estimate of drug-likeness (QED) is 0.331. The molecule has 5 aromatic rings. The lowest BCUT2D eigenvalue weighted by Crippen LogP contribution is -2.08. The molecule has 142 valence electrons. The monoisotopic (exact) mass is 400 g/mol. The lowest BCUT2D eigenvalue weighted by atomic mass is 10.0. The Morgan fingerprint density at radius 1 is 0.828 bits per heavy atom. The summed E-state index contributed by atoms with van der Waals surface area (Å²) in [6.07, 6.45) is 0.655.